The van der Waals surface area contributed by atoms with Crippen molar-refractivity contribution in [2.24, 2.45) is 0 Å². The molecule has 1 aromatic carbocycles. The Kier molecular flexibility index (Phi) is 6.61. The summed E-state index contributed by atoms with van der Waals surface area (Å²) in [6.45, 7) is 7.83. The van der Waals surface area contributed by atoms with Crippen molar-refractivity contribution in [3.05, 3.63) is 22.7 Å². The topological polar surface area (TPSA) is 39.7 Å². The summed E-state index contributed by atoms with van der Waals surface area (Å²) < 4.78 is 16.6. The molecule has 0 aromatic heterocycles. The number of hydrogen-bond donors (Lipinski definition) is 1. The molecule has 0 amide bonds. The molecule has 4 nitrogen and oxygen atoms in total. The quantitative estimate of drug-likeness (QED) is 0.747. The van der Waals surface area contributed by atoms with E-state index in [1.807, 2.05) is 12.1 Å². The van der Waals surface area contributed by atoms with Crippen LogP contribution < -0.4 is 14.8 Å². The second-order valence-corrected chi connectivity index (χ2v) is 5.81. The van der Waals surface area contributed by atoms with E-state index in [0.717, 1.165) is 43.9 Å². The molecule has 0 spiro atoms. The van der Waals surface area contributed by atoms with Crippen molar-refractivity contribution in [3.63, 3.8) is 0 Å². The lowest BCUT2D eigenvalue weighted by atomic mass is 10.2. The van der Waals surface area contributed by atoms with Crippen molar-refractivity contribution in [2.45, 2.75) is 39.3 Å². The molecule has 2 rings (SSSR count). The molecule has 0 unspecified atom stereocenters. The third-order valence-electron chi connectivity index (χ3n) is 3.18. The first-order chi connectivity index (χ1) is 10.2. The Balaban J connectivity index is 1.70. The second kappa shape index (κ2) is 8.47. The lowest BCUT2D eigenvalue weighted by molar-refractivity contribution is 0.0760. The van der Waals surface area contributed by atoms with Gasteiger partial charge in [0.1, 0.15) is 13.2 Å². The molecule has 5 heteroatoms. The Bertz CT molecular complexity index is 451. The minimum atomic E-state index is 0.317. The van der Waals surface area contributed by atoms with Crippen molar-refractivity contribution in [2.75, 3.05) is 26.4 Å². The normalized spacial score (nSPS) is 13.7. The minimum Gasteiger partial charge on any atom is -0.486 e. The number of unbranched alkanes of at least 4 members (excludes halogenated alkanes) is 1. The maximum Gasteiger partial charge on any atom is 0.179 e. The lowest BCUT2D eigenvalue weighted by Crippen LogP contribution is -2.18. The van der Waals surface area contributed by atoms with Crippen LogP contribution in [0.5, 0.6) is 11.5 Å². The van der Waals surface area contributed by atoms with Gasteiger partial charge < -0.3 is 19.5 Å². The minimum absolute atomic E-state index is 0.317. The van der Waals surface area contributed by atoms with E-state index in [9.17, 15) is 0 Å². The summed E-state index contributed by atoms with van der Waals surface area (Å²) in [5.41, 5.74) is 1.11. The third kappa shape index (κ3) is 5.38. The van der Waals surface area contributed by atoms with Gasteiger partial charge in [0, 0.05) is 13.2 Å². The van der Waals surface area contributed by atoms with Crippen LogP contribution in [0.1, 0.15) is 32.3 Å². The van der Waals surface area contributed by atoms with Gasteiger partial charge in [0.2, 0.25) is 0 Å². The van der Waals surface area contributed by atoms with Crippen LogP contribution in [-0.4, -0.2) is 32.5 Å². The SMILES string of the molecule is CC(C)OCCCCNCc1cc(Cl)c2c(c1)OCCO2. The van der Waals surface area contributed by atoms with Crippen LogP contribution >= 0.6 is 11.6 Å². The van der Waals surface area contributed by atoms with Gasteiger partial charge in [0.15, 0.2) is 11.5 Å². The molecule has 0 atom stereocenters. The van der Waals surface area contributed by atoms with Crippen LogP contribution in [-0.2, 0) is 11.3 Å². The average molecular weight is 314 g/mol. The molecule has 0 saturated heterocycles. The summed E-state index contributed by atoms with van der Waals surface area (Å²) in [5.74, 6) is 1.41. The van der Waals surface area contributed by atoms with Crippen LogP contribution in [0.4, 0.5) is 0 Å². The van der Waals surface area contributed by atoms with Crippen molar-refractivity contribution in [3.8, 4) is 11.5 Å². The third-order valence-corrected chi connectivity index (χ3v) is 3.47. The van der Waals surface area contributed by atoms with Gasteiger partial charge in [-0.2, -0.15) is 0 Å². The van der Waals surface area contributed by atoms with E-state index in [1.54, 1.807) is 0 Å². The maximum atomic E-state index is 6.21. The van der Waals surface area contributed by atoms with E-state index in [1.165, 1.54) is 0 Å². The predicted molar refractivity (Wildman–Crippen MR) is 84.5 cm³/mol. The van der Waals surface area contributed by atoms with Crippen LogP contribution in [0.15, 0.2) is 12.1 Å². The molecule has 21 heavy (non-hydrogen) atoms. The van der Waals surface area contributed by atoms with E-state index < -0.39 is 0 Å². The van der Waals surface area contributed by atoms with Crippen LogP contribution in [0, 0.1) is 0 Å². The molecule has 1 aliphatic rings. The van der Waals surface area contributed by atoms with E-state index in [4.69, 9.17) is 25.8 Å². The number of ether oxygens (including phenoxy) is 3. The fourth-order valence-corrected chi connectivity index (χ4v) is 2.46. The number of nitrogens with one attached hydrogen (secondary N) is 1. The molecule has 0 aliphatic carbocycles. The number of benzene rings is 1. The van der Waals surface area contributed by atoms with E-state index >= 15 is 0 Å². The summed E-state index contributed by atoms with van der Waals surface area (Å²) in [4.78, 5) is 0. The molecular weight excluding hydrogens is 290 g/mol. The first kappa shape index (κ1) is 16.4. The molecule has 1 heterocycles. The van der Waals surface area contributed by atoms with Gasteiger partial charge in [-0.05, 0) is 50.9 Å². The molecule has 0 saturated carbocycles. The average Bonchev–Trinajstić information content (AvgIpc) is 2.46. The van der Waals surface area contributed by atoms with Crippen LogP contribution in [0.2, 0.25) is 5.02 Å². The number of rotatable bonds is 8. The predicted octanol–water partition coefficient (Wildman–Crippen LogP) is 3.41. The molecule has 0 fully saturated rings. The van der Waals surface area contributed by atoms with Crippen molar-refractivity contribution >= 4 is 11.6 Å². The first-order valence-electron chi connectivity index (χ1n) is 7.57. The molecule has 1 N–H and O–H groups in total. The van der Waals surface area contributed by atoms with Crippen LogP contribution in [0.3, 0.4) is 0 Å². The zero-order valence-corrected chi connectivity index (χ0v) is 13.5. The molecule has 0 bridgehead atoms. The summed E-state index contributed by atoms with van der Waals surface area (Å²) >= 11 is 6.21. The largest absolute Gasteiger partial charge is 0.486 e. The Morgan fingerprint density at radius 1 is 1.24 bits per heavy atom. The van der Waals surface area contributed by atoms with Crippen molar-refractivity contribution in [1.29, 1.82) is 0 Å². The van der Waals surface area contributed by atoms with Gasteiger partial charge in [-0.25, -0.2) is 0 Å². The lowest BCUT2D eigenvalue weighted by Gasteiger charge is -2.20. The summed E-state index contributed by atoms with van der Waals surface area (Å²) in [5, 5.41) is 4.03. The molecular formula is C16H24ClNO3. The first-order valence-corrected chi connectivity index (χ1v) is 7.95. The smallest absolute Gasteiger partial charge is 0.179 e. The highest BCUT2D eigenvalue weighted by Gasteiger charge is 2.16. The monoisotopic (exact) mass is 313 g/mol. The van der Waals surface area contributed by atoms with Crippen molar-refractivity contribution in [1.82, 2.24) is 5.32 Å². The highest BCUT2D eigenvalue weighted by molar-refractivity contribution is 6.32. The molecule has 1 aliphatic heterocycles. The van der Waals surface area contributed by atoms with E-state index in [-0.39, 0.29) is 0 Å². The Morgan fingerprint density at radius 2 is 2.05 bits per heavy atom. The fourth-order valence-electron chi connectivity index (χ4n) is 2.17. The second-order valence-electron chi connectivity index (χ2n) is 5.41. The maximum absolute atomic E-state index is 6.21. The fraction of sp³-hybridized carbons (Fsp3) is 0.625. The van der Waals surface area contributed by atoms with Gasteiger partial charge in [-0.15, -0.1) is 0 Å². The van der Waals surface area contributed by atoms with Crippen molar-refractivity contribution < 1.29 is 14.2 Å². The van der Waals surface area contributed by atoms with E-state index in [0.29, 0.717) is 30.1 Å². The Labute approximate surface area is 131 Å². The molecule has 118 valence electrons. The number of fused-ring (bicyclic) bond motifs is 1. The molecule has 0 radical (unpaired) electrons. The Hall–Kier alpha value is -0.970. The summed E-state index contributed by atoms with van der Waals surface area (Å²) in [7, 11) is 0. The van der Waals surface area contributed by atoms with Gasteiger partial charge in [0.25, 0.3) is 0 Å². The Morgan fingerprint density at radius 3 is 2.86 bits per heavy atom. The van der Waals surface area contributed by atoms with Gasteiger partial charge in [-0.3, -0.25) is 0 Å². The molecule has 1 aromatic rings. The number of hydrogen-bond acceptors (Lipinski definition) is 4. The number of halogens is 1. The van der Waals surface area contributed by atoms with E-state index in [2.05, 4.69) is 19.2 Å². The van der Waals surface area contributed by atoms with Gasteiger partial charge in [0.05, 0.1) is 11.1 Å². The highest BCUT2D eigenvalue weighted by atomic mass is 35.5. The highest BCUT2D eigenvalue weighted by Crippen LogP contribution is 2.38. The van der Waals surface area contributed by atoms with Crippen LogP contribution in [0.25, 0.3) is 0 Å². The van der Waals surface area contributed by atoms with Gasteiger partial charge >= 0.3 is 0 Å². The zero-order valence-electron chi connectivity index (χ0n) is 12.8. The standard InChI is InChI=1S/C16H24ClNO3/c1-12(2)19-6-4-3-5-18-11-13-9-14(17)16-15(10-13)20-7-8-21-16/h9-10,12,18H,3-8,11H2,1-2H3. The summed E-state index contributed by atoms with van der Waals surface area (Å²) in [6.07, 6.45) is 2.50. The van der Waals surface area contributed by atoms with Gasteiger partial charge in [-0.1, -0.05) is 11.6 Å². The summed E-state index contributed by atoms with van der Waals surface area (Å²) in [6, 6.07) is 3.93. The zero-order chi connectivity index (χ0) is 15.1.